The number of imide groups is 1. The van der Waals surface area contributed by atoms with Gasteiger partial charge in [0.25, 0.3) is 5.91 Å². The standard InChI is InChI=1S/C23H18ClN3O3S/c1-23(21(29)26-22(30)27-23)14-5-4-6-15(13-14)25-20(28)12-10-16-9-11-19(31-16)17-7-2-3-8-18(17)24/h2-13H,1H3,(H,25,28)(H2,26,27,29,30). The van der Waals surface area contributed by atoms with Gasteiger partial charge in [0.1, 0.15) is 5.54 Å². The lowest BCUT2D eigenvalue weighted by Gasteiger charge is -2.21. The van der Waals surface area contributed by atoms with E-state index in [9.17, 15) is 14.4 Å². The molecule has 156 valence electrons. The highest BCUT2D eigenvalue weighted by Crippen LogP contribution is 2.33. The van der Waals surface area contributed by atoms with Gasteiger partial charge in [-0.25, -0.2) is 4.79 Å². The summed E-state index contributed by atoms with van der Waals surface area (Å²) in [5, 5.41) is 8.30. The number of urea groups is 1. The fourth-order valence-corrected chi connectivity index (χ4v) is 4.49. The highest BCUT2D eigenvalue weighted by atomic mass is 35.5. The van der Waals surface area contributed by atoms with Crippen molar-refractivity contribution in [3.05, 3.63) is 82.2 Å². The Kier molecular flexibility index (Phi) is 5.63. The van der Waals surface area contributed by atoms with Gasteiger partial charge in [-0.3, -0.25) is 14.9 Å². The molecule has 0 bridgehead atoms. The lowest BCUT2D eigenvalue weighted by molar-refractivity contribution is -0.123. The van der Waals surface area contributed by atoms with Gasteiger partial charge in [-0.05, 0) is 48.9 Å². The maximum absolute atomic E-state index is 12.4. The smallest absolute Gasteiger partial charge is 0.322 e. The van der Waals surface area contributed by atoms with Crippen LogP contribution in [-0.4, -0.2) is 17.8 Å². The van der Waals surface area contributed by atoms with E-state index in [1.165, 1.54) is 17.4 Å². The Morgan fingerprint density at radius 1 is 1.10 bits per heavy atom. The van der Waals surface area contributed by atoms with Crippen molar-refractivity contribution in [1.82, 2.24) is 10.6 Å². The maximum Gasteiger partial charge on any atom is 0.322 e. The van der Waals surface area contributed by atoms with E-state index in [1.54, 1.807) is 37.3 Å². The fraction of sp³-hybridized carbons (Fsp3) is 0.0870. The second kappa shape index (κ2) is 8.37. The topological polar surface area (TPSA) is 87.3 Å². The van der Waals surface area contributed by atoms with Crippen molar-refractivity contribution in [3.63, 3.8) is 0 Å². The Morgan fingerprint density at radius 2 is 1.90 bits per heavy atom. The summed E-state index contributed by atoms with van der Waals surface area (Å²) >= 11 is 7.78. The number of anilines is 1. The van der Waals surface area contributed by atoms with Crippen LogP contribution in [0.1, 0.15) is 17.4 Å². The lowest BCUT2D eigenvalue weighted by atomic mass is 9.92. The Morgan fingerprint density at radius 3 is 2.65 bits per heavy atom. The molecule has 6 nitrogen and oxygen atoms in total. The van der Waals surface area contributed by atoms with Crippen LogP contribution in [0.15, 0.2) is 66.7 Å². The van der Waals surface area contributed by atoms with Gasteiger partial charge in [0.15, 0.2) is 0 Å². The number of amides is 4. The van der Waals surface area contributed by atoms with Crippen LogP contribution >= 0.6 is 22.9 Å². The minimum Gasteiger partial charge on any atom is -0.323 e. The zero-order valence-electron chi connectivity index (χ0n) is 16.4. The van der Waals surface area contributed by atoms with E-state index < -0.39 is 17.5 Å². The second-order valence-corrected chi connectivity index (χ2v) is 8.64. The van der Waals surface area contributed by atoms with E-state index in [1.807, 2.05) is 36.4 Å². The van der Waals surface area contributed by atoms with E-state index >= 15 is 0 Å². The van der Waals surface area contributed by atoms with E-state index in [0.29, 0.717) is 16.3 Å². The van der Waals surface area contributed by atoms with E-state index in [4.69, 9.17) is 11.6 Å². The van der Waals surface area contributed by atoms with Crippen molar-refractivity contribution in [2.75, 3.05) is 5.32 Å². The van der Waals surface area contributed by atoms with Crippen LogP contribution in [0.4, 0.5) is 10.5 Å². The van der Waals surface area contributed by atoms with Crippen molar-refractivity contribution in [1.29, 1.82) is 0 Å². The van der Waals surface area contributed by atoms with Gasteiger partial charge in [-0.2, -0.15) is 0 Å². The highest BCUT2D eigenvalue weighted by molar-refractivity contribution is 7.16. The predicted octanol–water partition coefficient (Wildman–Crippen LogP) is 4.78. The molecule has 0 aliphatic carbocycles. The second-order valence-electron chi connectivity index (χ2n) is 7.12. The van der Waals surface area contributed by atoms with Crippen molar-refractivity contribution < 1.29 is 14.4 Å². The Hall–Kier alpha value is -3.42. The molecule has 3 N–H and O–H groups in total. The Labute approximate surface area is 187 Å². The molecule has 1 fully saturated rings. The third kappa shape index (κ3) is 4.38. The first-order valence-electron chi connectivity index (χ1n) is 9.43. The van der Waals surface area contributed by atoms with Crippen LogP contribution in [-0.2, 0) is 15.1 Å². The Balaban J connectivity index is 1.45. The summed E-state index contributed by atoms with van der Waals surface area (Å²) in [4.78, 5) is 37.9. The van der Waals surface area contributed by atoms with E-state index in [-0.39, 0.29) is 5.91 Å². The number of halogens is 1. The van der Waals surface area contributed by atoms with Crippen LogP contribution in [0.2, 0.25) is 5.02 Å². The minimum absolute atomic E-state index is 0.310. The molecule has 3 aromatic rings. The van der Waals surface area contributed by atoms with Crippen LogP contribution in [0.5, 0.6) is 0 Å². The van der Waals surface area contributed by atoms with Crippen molar-refractivity contribution >= 4 is 52.5 Å². The monoisotopic (exact) mass is 451 g/mol. The first-order chi connectivity index (χ1) is 14.8. The number of carbonyl (C=O) groups excluding carboxylic acids is 3. The van der Waals surface area contributed by atoms with E-state index in [0.717, 1.165) is 15.3 Å². The number of hydrogen-bond donors (Lipinski definition) is 3. The largest absolute Gasteiger partial charge is 0.323 e. The zero-order valence-corrected chi connectivity index (χ0v) is 18.0. The summed E-state index contributed by atoms with van der Waals surface area (Å²) in [5.41, 5.74) is 0.858. The van der Waals surface area contributed by atoms with Gasteiger partial charge in [0.2, 0.25) is 5.91 Å². The molecule has 4 rings (SSSR count). The van der Waals surface area contributed by atoms with E-state index in [2.05, 4.69) is 16.0 Å². The number of nitrogens with one attached hydrogen (secondary N) is 3. The normalized spacial score (nSPS) is 18.1. The summed E-state index contributed by atoms with van der Waals surface area (Å²) in [7, 11) is 0. The van der Waals surface area contributed by atoms with Gasteiger partial charge in [0, 0.05) is 32.1 Å². The molecule has 2 heterocycles. The molecule has 0 saturated carbocycles. The van der Waals surface area contributed by atoms with Gasteiger partial charge in [0.05, 0.1) is 0 Å². The fourth-order valence-electron chi connectivity index (χ4n) is 3.24. The van der Waals surface area contributed by atoms with Crippen LogP contribution in [0.3, 0.4) is 0 Å². The average Bonchev–Trinajstić information content (AvgIpc) is 3.31. The SMILES string of the molecule is CC1(c2cccc(NC(=O)C=Cc3ccc(-c4ccccc4Cl)s3)c2)NC(=O)NC1=O. The Bertz CT molecular complexity index is 1220. The number of hydrogen-bond acceptors (Lipinski definition) is 4. The number of thiophene rings is 1. The highest BCUT2D eigenvalue weighted by Gasteiger charge is 2.43. The third-order valence-electron chi connectivity index (χ3n) is 4.92. The number of benzene rings is 2. The molecule has 1 saturated heterocycles. The van der Waals surface area contributed by atoms with Gasteiger partial charge in [-0.15, -0.1) is 11.3 Å². The van der Waals surface area contributed by atoms with Crippen LogP contribution in [0, 0.1) is 0 Å². The first-order valence-corrected chi connectivity index (χ1v) is 10.6. The maximum atomic E-state index is 12.4. The molecule has 0 spiro atoms. The van der Waals surface area contributed by atoms with Gasteiger partial charge < -0.3 is 10.6 Å². The summed E-state index contributed by atoms with van der Waals surface area (Å²) in [6.07, 6.45) is 3.18. The molecular weight excluding hydrogens is 434 g/mol. The number of rotatable bonds is 5. The predicted molar refractivity (Wildman–Crippen MR) is 123 cm³/mol. The van der Waals surface area contributed by atoms with Crippen molar-refractivity contribution in [3.8, 4) is 10.4 Å². The molecule has 0 radical (unpaired) electrons. The molecular formula is C23H18ClN3O3S. The average molecular weight is 452 g/mol. The molecule has 2 aromatic carbocycles. The minimum atomic E-state index is -1.18. The lowest BCUT2D eigenvalue weighted by Crippen LogP contribution is -2.40. The molecule has 1 unspecified atom stereocenters. The van der Waals surface area contributed by atoms with Crippen molar-refractivity contribution in [2.45, 2.75) is 12.5 Å². The quantitative estimate of drug-likeness (QED) is 0.385. The van der Waals surface area contributed by atoms with Gasteiger partial charge >= 0.3 is 6.03 Å². The third-order valence-corrected chi connectivity index (χ3v) is 6.33. The summed E-state index contributed by atoms with van der Waals surface area (Å²) in [6.45, 7) is 1.61. The van der Waals surface area contributed by atoms with Crippen LogP contribution in [0.25, 0.3) is 16.5 Å². The molecule has 31 heavy (non-hydrogen) atoms. The number of carbonyl (C=O) groups is 3. The summed E-state index contributed by atoms with van der Waals surface area (Å²) in [6, 6.07) is 17.8. The van der Waals surface area contributed by atoms with Gasteiger partial charge in [-0.1, -0.05) is 41.9 Å². The first kappa shape index (κ1) is 20.8. The zero-order chi connectivity index (χ0) is 22.0. The molecule has 1 aliphatic heterocycles. The summed E-state index contributed by atoms with van der Waals surface area (Å²) in [5.74, 6) is -0.747. The molecule has 1 aromatic heterocycles. The van der Waals surface area contributed by atoms with Crippen molar-refractivity contribution in [2.24, 2.45) is 0 Å². The molecule has 8 heteroatoms. The molecule has 1 atom stereocenters. The molecule has 1 aliphatic rings. The summed E-state index contributed by atoms with van der Waals surface area (Å²) < 4.78 is 0. The molecule has 4 amide bonds. The van der Waals surface area contributed by atoms with Crippen LogP contribution < -0.4 is 16.0 Å².